The van der Waals surface area contributed by atoms with E-state index in [0.717, 1.165) is 11.5 Å². The van der Waals surface area contributed by atoms with E-state index in [-0.39, 0.29) is 0 Å². The van der Waals surface area contributed by atoms with Crippen molar-refractivity contribution < 1.29 is 0 Å². The van der Waals surface area contributed by atoms with E-state index in [4.69, 9.17) is 0 Å². The Morgan fingerprint density at radius 3 is 1.05 bits per heavy atom. The first-order valence-electron chi connectivity index (χ1n) is 7.65. The third kappa shape index (κ3) is 7.63. The van der Waals surface area contributed by atoms with Crippen LogP contribution in [0.3, 0.4) is 0 Å². The van der Waals surface area contributed by atoms with Gasteiger partial charge in [-0.3, -0.25) is 0 Å². The van der Waals surface area contributed by atoms with Crippen LogP contribution in [0.4, 0.5) is 0 Å². The highest BCUT2D eigenvalue weighted by molar-refractivity contribution is 7.79. The standard InChI is InChI=1S/C14H14S2.C3H8.C2H6/c15-9-11-1-5-13(6-2-11)14-7-3-12(10-16)4-8-14;1-3-2;1-2/h1-8,15-16H,9-10H2;3H2,1-2H3;1-2H3. The third-order valence-corrected chi connectivity index (χ3v) is 3.34. The molecule has 0 aliphatic carbocycles. The fourth-order valence-corrected chi connectivity index (χ4v) is 2.03. The van der Waals surface area contributed by atoms with Crippen molar-refractivity contribution in [3.05, 3.63) is 59.7 Å². The van der Waals surface area contributed by atoms with Crippen LogP contribution < -0.4 is 0 Å². The fraction of sp³-hybridized carbons (Fsp3) is 0.368. The summed E-state index contributed by atoms with van der Waals surface area (Å²) in [6.45, 7) is 8.25. The van der Waals surface area contributed by atoms with Gasteiger partial charge in [0.15, 0.2) is 0 Å². The molecule has 0 bridgehead atoms. The summed E-state index contributed by atoms with van der Waals surface area (Å²) in [6, 6.07) is 17.0. The summed E-state index contributed by atoms with van der Waals surface area (Å²) >= 11 is 8.50. The average molecular weight is 321 g/mol. The molecule has 116 valence electrons. The molecule has 2 heteroatoms. The Hall–Kier alpha value is -0.860. The summed E-state index contributed by atoms with van der Waals surface area (Å²) in [6.07, 6.45) is 1.25. The Balaban J connectivity index is 0.000000713. The number of thiol groups is 2. The van der Waals surface area contributed by atoms with Gasteiger partial charge in [0, 0.05) is 11.5 Å². The maximum absolute atomic E-state index is 4.25. The molecule has 0 saturated heterocycles. The molecule has 21 heavy (non-hydrogen) atoms. The predicted molar refractivity (Wildman–Crippen MR) is 105 cm³/mol. The van der Waals surface area contributed by atoms with Crippen molar-refractivity contribution in [3.8, 4) is 11.1 Å². The van der Waals surface area contributed by atoms with Gasteiger partial charge in [-0.15, -0.1) is 0 Å². The van der Waals surface area contributed by atoms with Crippen molar-refractivity contribution in [1.29, 1.82) is 0 Å². The molecule has 2 rings (SSSR count). The van der Waals surface area contributed by atoms with Gasteiger partial charge in [0.1, 0.15) is 0 Å². The van der Waals surface area contributed by atoms with Crippen LogP contribution in [0.1, 0.15) is 45.2 Å². The molecule has 0 aliphatic rings. The van der Waals surface area contributed by atoms with E-state index in [1.165, 1.54) is 28.7 Å². The minimum absolute atomic E-state index is 0.791. The van der Waals surface area contributed by atoms with Gasteiger partial charge in [-0.1, -0.05) is 82.6 Å². The summed E-state index contributed by atoms with van der Waals surface area (Å²) in [7, 11) is 0. The number of rotatable bonds is 3. The highest BCUT2D eigenvalue weighted by atomic mass is 32.1. The largest absolute Gasteiger partial charge is 0.175 e. The first-order valence-corrected chi connectivity index (χ1v) is 8.91. The highest BCUT2D eigenvalue weighted by Crippen LogP contribution is 2.21. The predicted octanol–water partition coefficient (Wildman–Crippen LogP) is 6.66. The van der Waals surface area contributed by atoms with Crippen molar-refractivity contribution in [2.75, 3.05) is 0 Å². The second kappa shape index (κ2) is 12.8. The lowest BCUT2D eigenvalue weighted by Crippen LogP contribution is -1.82. The maximum atomic E-state index is 4.25. The highest BCUT2D eigenvalue weighted by Gasteiger charge is 1.97. The van der Waals surface area contributed by atoms with E-state index in [1.807, 2.05) is 13.8 Å². The molecule has 0 fully saturated rings. The van der Waals surface area contributed by atoms with E-state index in [9.17, 15) is 0 Å². The second-order valence-electron chi connectivity index (χ2n) is 4.42. The van der Waals surface area contributed by atoms with Crippen molar-refractivity contribution in [2.24, 2.45) is 0 Å². The SMILES string of the molecule is CC.CCC.SCc1ccc(-c2ccc(CS)cc2)cc1. The van der Waals surface area contributed by atoms with Crippen LogP contribution in [-0.4, -0.2) is 0 Å². The molecule has 2 aromatic carbocycles. The number of hydrogen-bond acceptors (Lipinski definition) is 2. The monoisotopic (exact) mass is 320 g/mol. The minimum atomic E-state index is 0.791. The molecule has 0 nitrogen and oxygen atoms in total. The van der Waals surface area contributed by atoms with Gasteiger partial charge in [0.2, 0.25) is 0 Å². The number of benzene rings is 2. The van der Waals surface area contributed by atoms with Gasteiger partial charge in [0.05, 0.1) is 0 Å². The molecule has 0 heterocycles. The normalized spacial score (nSPS) is 9.05. The molecule has 0 aliphatic heterocycles. The lowest BCUT2D eigenvalue weighted by atomic mass is 10.0. The van der Waals surface area contributed by atoms with Crippen LogP contribution in [0.5, 0.6) is 0 Å². The van der Waals surface area contributed by atoms with Crippen molar-refractivity contribution in [1.82, 2.24) is 0 Å². The molecule has 0 unspecified atom stereocenters. The summed E-state index contributed by atoms with van der Waals surface area (Å²) in [5.41, 5.74) is 4.99. The molecule has 0 atom stereocenters. The van der Waals surface area contributed by atoms with E-state index in [1.54, 1.807) is 0 Å². The van der Waals surface area contributed by atoms with Crippen molar-refractivity contribution in [2.45, 2.75) is 45.6 Å². The van der Waals surface area contributed by atoms with Crippen molar-refractivity contribution >= 4 is 25.3 Å². The lowest BCUT2D eigenvalue weighted by molar-refractivity contribution is 1.09. The molecule has 0 N–H and O–H groups in total. The van der Waals surface area contributed by atoms with Crippen molar-refractivity contribution in [3.63, 3.8) is 0 Å². The van der Waals surface area contributed by atoms with E-state index in [0.29, 0.717) is 0 Å². The topological polar surface area (TPSA) is 0 Å². The quantitative estimate of drug-likeness (QED) is 0.581. The molecule has 2 aromatic rings. The molecule has 0 aromatic heterocycles. The van der Waals surface area contributed by atoms with Crippen LogP contribution in [0.15, 0.2) is 48.5 Å². The average Bonchev–Trinajstić information content (AvgIpc) is 2.58. The smallest absolute Gasteiger partial charge is 0.0154 e. The van der Waals surface area contributed by atoms with Gasteiger partial charge in [-0.25, -0.2) is 0 Å². The first kappa shape index (κ1) is 20.1. The summed E-state index contributed by atoms with van der Waals surface area (Å²) in [4.78, 5) is 0. The Labute approximate surface area is 141 Å². The van der Waals surface area contributed by atoms with Crippen LogP contribution in [0, 0.1) is 0 Å². The van der Waals surface area contributed by atoms with Crippen LogP contribution >= 0.6 is 25.3 Å². The summed E-state index contributed by atoms with van der Waals surface area (Å²) in [5, 5.41) is 0. The van der Waals surface area contributed by atoms with E-state index >= 15 is 0 Å². The zero-order valence-corrected chi connectivity index (χ0v) is 15.4. The molecule has 0 spiro atoms. The lowest BCUT2D eigenvalue weighted by Gasteiger charge is -2.04. The van der Waals surface area contributed by atoms with Crippen LogP contribution in [-0.2, 0) is 11.5 Å². The molecular formula is C19H28S2. The Bertz CT molecular complexity index is 412. The first-order chi connectivity index (χ1) is 10.2. The zero-order chi connectivity index (χ0) is 16.1. The second-order valence-corrected chi connectivity index (χ2v) is 5.05. The van der Waals surface area contributed by atoms with E-state index in [2.05, 4.69) is 87.6 Å². The van der Waals surface area contributed by atoms with E-state index < -0.39 is 0 Å². The minimum Gasteiger partial charge on any atom is -0.175 e. The molecule has 0 radical (unpaired) electrons. The van der Waals surface area contributed by atoms with Crippen LogP contribution in [0.25, 0.3) is 11.1 Å². The van der Waals surface area contributed by atoms with Gasteiger partial charge in [0.25, 0.3) is 0 Å². The Morgan fingerprint density at radius 2 is 0.857 bits per heavy atom. The van der Waals surface area contributed by atoms with Gasteiger partial charge in [-0.05, 0) is 22.3 Å². The molecular weight excluding hydrogens is 292 g/mol. The third-order valence-electron chi connectivity index (χ3n) is 2.61. The van der Waals surface area contributed by atoms with Crippen LogP contribution in [0.2, 0.25) is 0 Å². The summed E-state index contributed by atoms with van der Waals surface area (Å²) < 4.78 is 0. The van der Waals surface area contributed by atoms with Gasteiger partial charge in [-0.2, -0.15) is 25.3 Å². The molecule has 0 amide bonds. The fourth-order valence-electron chi connectivity index (χ4n) is 1.61. The Kier molecular flexibility index (Phi) is 12.3. The van der Waals surface area contributed by atoms with Gasteiger partial charge >= 0.3 is 0 Å². The maximum Gasteiger partial charge on any atom is 0.0154 e. The number of hydrogen-bond donors (Lipinski definition) is 2. The van der Waals surface area contributed by atoms with Gasteiger partial charge < -0.3 is 0 Å². The molecule has 0 saturated carbocycles. The summed E-state index contributed by atoms with van der Waals surface area (Å²) in [5.74, 6) is 1.58. The Morgan fingerprint density at radius 1 is 0.619 bits per heavy atom. The zero-order valence-electron chi connectivity index (χ0n) is 13.6.